The highest BCUT2D eigenvalue weighted by atomic mass is 14.9. The van der Waals surface area contributed by atoms with Crippen molar-refractivity contribution in [2.45, 2.75) is 19.4 Å². The number of rotatable bonds is 5. The zero-order chi connectivity index (χ0) is 10.6. The molecule has 1 N–H and O–H groups in total. The largest absolute Gasteiger partial charge is 0.324 e. The van der Waals surface area contributed by atoms with Crippen molar-refractivity contribution in [1.82, 2.24) is 9.88 Å². The number of nitrogens with zero attached hydrogens (tertiary/aromatic N) is 1. The van der Waals surface area contributed by atoms with Gasteiger partial charge in [0.1, 0.15) is 0 Å². The third-order valence-corrected chi connectivity index (χ3v) is 2.38. The van der Waals surface area contributed by atoms with E-state index in [4.69, 9.17) is 0 Å². The van der Waals surface area contributed by atoms with Crippen LogP contribution in [0.2, 0.25) is 0 Å². The van der Waals surface area contributed by atoms with E-state index in [0.29, 0.717) is 6.04 Å². The lowest BCUT2D eigenvalue weighted by Crippen LogP contribution is -2.21. The summed E-state index contributed by atoms with van der Waals surface area (Å²) in [6.07, 6.45) is 4.73. The minimum atomic E-state index is 0.454. The third-order valence-electron chi connectivity index (χ3n) is 2.38. The fraction of sp³-hybridized carbons (Fsp3) is 0.333. The molecule has 2 nitrogen and oxygen atoms in total. The number of hydrogen-bond acceptors (Lipinski definition) is 1. The zero-order valence-corrected chi connectivity index (χ0v) is 8.96. The molecule has 0 fully saturated rings. The Balaban J connectivity index is 2.74. The van der Waals surface area contributed by atoms with Gasteiger partial charge in [0.25, 0.3) is 0 Å². The van der Waals surface area contributed by atoms with E-state index in [1.165, 1.54) is 0 Å². The van der Waals surface area contributed by atoms with Gasteiger partial charge in [0, 0.05) is 24.1 Å². The van der Waals surface area contributed by atoms with Crippen LogP contribution >= 0.6 is 0 Å². The van der Waals surface area contributed by atoms with Gasteiger partial charge < -0.3 is 9.88 Å². The van der Waals surface area contributed by atoms with Crippen LogP contribution in [0.15, 0.2) is 31.5 Å². The van der Waals surface area contributed by atoms with E-state index in [0.717, 1.165) is 17.7 Å². The highest BCUT2D eigenvalue weighted by molar-refractivity contribution is 5.63. The van der Waals surface area contributed by atoms with Crippen LogP contribution in [0, 0.1) is 0 Å². The summed E-state index contributed by atoms with van der Waals surface area (Å²) in [7, 11) is 1.96. The van der Waals surface area contributed by atoms with E-state index in [1.54, 1.807) is 6.20 Å². The average Bonchev–Trinajstić information content (AvgIpc) is 2.65. The van der Waals surface area contributed by atoms with Crippen LogP contribution in [-0.2, 0) is 0 Å². The second-order valence-corrected chi connectivity index (χ2v) is 3.48. The third kappa shape index (κ3) is 2.36. The van der Waals surface area contributed by atoms with Crippen molar-refractivity contribution in [1.29, 1.82) is 0 Å². The molecule has 0 aromatic carbocycles. The van der Waals surface area contributed by atoms with Crippen LogP contribution in [0.4, 0.5) is 0 Å². The van der Waals surface area contributed by atoms with Gasteiger partial charge in [-0.2, -0.15) is 0 Å². The van der Waals surface area contributed by atoms with Gasteiger partial charge in [-0.25, -0.2) is 0 Å². The number of nitrogens with one attached hydrogen (secondary N) is 1. The van der Waals surface area contributed by atoms with Gasteiger partial charge in [0.05, 0.1) is 0 Å². The molecule has 1 atom stereocenters. The molecule has 0 bridgehead atoms. The van der Waals surface area contributed by atoms with Gasteiger partial charge in [-0.3, -0.25) is 0 Å². The first kappa shape index (κ1) is 10.8. The topological polar surface area (TPSA) is 17.0 Å². The van der Waals surface area contributed by atoms with E-state index in [1.807, 2.05) is 23.9 Å². The normalized spacial score (nSPS) is 12.4. The fourth-order valence-electron chi connectivity index (χ4n) is 1.43. The van der Waals surface area contributed by atoms with Crippen LogP contribution in [0.3, 0.4) is 0 Å². The molecule has 0 aliphatic carbocycles. The minimum Gasteiger partial charge on any atom is -0.324 e. The van der Waals surface area contributed by atoms with Crippen molar-refractivity contribution in [3.8, 4) is 0 Å². The lowest BCUT2D eigenvalue weighted by molar-refractivity contribution is 0.626. The molecule has 0 saturated heterocycles. The Hall–Kier alpha value is -1.28. The quantitative estimate of drug-likeness (QED) is 0.755. The van der Waals surface area contributed by atoms with Gasteiger partial charge in [-0.15, -0.1) is 0 Å². The van der Waals surface area contributed by atoms with Crippen molar-refractivity contribution >= 4 is 11.8 Å². The summed E-state index contributed by atoms with van der Waals surface area (Å²) in [6, 6.07) is 4.52. The first-order chi connectivity index (χ1) is 6.69. The Kier molecular flexibility index (Phi) is 3.72. The Labute approximate surface area is 85.9 Å². The highest BCUT2D eigenvalue weighted by Crippen LogP contribution is 2.18. The maximum atomic E-state index is 4.09. The fourth-order valence-corrected chi connectivity index (χ4v) is 1.43. The van der Waals surface area contributed by atoms with E-state index in [9.17, 15) is 0 Å². The van der Waals surface area contributed by atoms with Gasteiger partial charge in [-0.1, -0.05) is 13.2 Å². The Morgan fingerprint density at radius 2 is 2.43 bits per heavy atom. The second-order valence-electron chi connectivity index (χ2n) is 3.48. The van der Waals surface area contributed by atoms with Gasteiger partial charge in [0.15, 0.2) is 0 Å². The molecule has 1 aromatic rings. The second kappa shape index (κ2) is 4.82. The molecule has 0 saturated carbocycles. The summed E-state index contributed by atoms with van der Waals surface area (Å²) in [5, 5.41) is 3.20. The average molecular weight is 190 g/mol. The van der Waals surface area contributed by atoms with Crippen molar-refractivity contribution in [3.63, 3.8) is 0 Å². The Bertz CT molecular complexity index is 323. The Morgan fingerprint density at radius 1 is 1.71 bits per heavy atom. The van der Waals surface area contributed by atoms with E-state index in [2.05, 4.69) is 31.5 Å². The minimum absolute atomic E-state index is 0.454. The van der Waals surface area contributed by atoms with Crippen LogP contribution in [0.25, 0.3) is 11.8 Å². The molecule has 76 valence electrons. The molecule has 1 heterocycles. The standard InChI is InChI=1S/C12H18N2/c1-5-14-8-6-7-12(14)10(2)9-11(3)13-4/h5-8,11,13H,1-2,9H2,3-4H3. The predicted molar refractivity (Wildman–Crippen MR) is 63.0 cm³/mol. The smallest absolute Gasteiger partial charge is 0.0476 e. The monoisotopic (exact) mass is 190 g/mol. The van der Waals surface area contributed by atoms with Crippen LogP contribution < -0.4 is 5.32 Å². The summed E-state index contributed by atoms with van der Waals surface area (Å²) < 4.78 is 1.99. The summed E-state index contributed by atoms with van der Waals surface area (Å²) in [5.41, 5.74) is 2.28. The number of hydrogen-bond donors (Lipinski definition) is 1. The highest BCUT2D eigenvalue weighted by Gasteiger charge is 2.06. The number of aromatic nitrogens is 1. The SMILES string of the molecule is C=Cn1cccc1C(=C)CC(C)NC. The van der Waals surface area contributed by atoms with Gasteiger partial charge in [0.2, 0.25) is 0 Å². The summed E-state index contributed by atoms with van der Waals surface area (Å²) >= 11 is 0. The lowest BCUT2D eigenvalue weighted by atomic mass is 10.1. The van der Waals surface area contributed by atoms with Crippen LogP contribution in [-0.4, -0.2) is 17.7 Å². The molecule has 1 aromatic heterocycles. The predicted octanol–water partition coefficient (Wildman–Crippen LogP) is 2.60. The maximum Gasteiger partial charge on any atom is 0.0476 e. The van der Waals surface area contributed by atoms with E-state index in [-0.39, 0.29) is 0 Å². The van der Waals surface area contributed by atoms with Crippen LogP contribution in [0.5, 0.6) is 0 Å². The molecule has 1 rings (SSSR count). The molecule has 0 aliphatic rings. The molecule has 0 amide bonds. The van der Waals surface area contributed by atoms with Gasteiger partial charge >= 0.3 is 0 Å². The van der Waals surface area contributed by atoms with Crippen molar-refractivity contribution < 1.29 is 0 Å². The van der Waals surface area contributed by atoms with E-state index < -0.39 is 0 Å². The van der Waals surface area contributed by atoms with Crippen molar-refractivity contribution in [2.24, 2.45) is 0 Å². The van der Waals surface area contributed by atoms with E-state index >= 15 is 0 Å². The first-order valence-corrected chi connectivity index (χ1v) is 4.83. The first-order valence-electron chi connectivity index (χ1n) is 4.83. The molecular formula is C12H18N2. The molecular weight excluding hydrogens is 172 g/mol. The zero-order valence-electron chi connectivity index (χ0n) is 8.96. The van der Waals surface area contributed by atoms with Gasteiger partial charge in [-0.05, 0) is 38.1 Å². The molecule has 2 heteroatoms. The molecule has 0 radical (unpaired) electrons. The molecule has 1 unspecified atom stereocenters. The lowest BCUT2D eigenvalue weighted by Gasteiger charge is -2.13. The molecule has 14 heavy (non-hydrogen) atoms. The maximum absolute atomic E-state index is 4.09. The molecule has 0 spiro atoms. The molecule has 0 aliphatic heterocycles. The summed E-state index contributed by atoms with van der Waals surface area (Å²) in [5.74, 6) is 0. The summed E-state index contributed by atoms with van der Waals surface area (Å²) in [4.78, 5) is 0. The summed E-state index contributed by atoms with van der Waals surface area (Å²) in [6.45, 7) is 9.98. The van der Waals surface area contributed by atoms with Crippen molar-refractivity contribution in [2.75, 3.05) is 7.05 Å². The Morgan fingerprint density at radius 3 is 3.00 bits per heavy atom. The van der Waals surface area contributed by atoms with Crippen molar-refractivity contribution in [3.05, 3.63) is 37.2 Å². The van der Waals surface area contributed by atoms with Crippen LogP contribution in [0.1, 0.15) is 19.0 Å².